The van der Waals surface area contributed by atoms with Crippen molar-refractivity contribution in [2.24, 2.45) is 0 Å². The molecule has 3 nitrogen and oxygen atoms in total. The Morgan fingerprint density at radius 1 is 0.958 bits per heavy atom. The number of halogens is 1. The second-order valence-electron chi connectivity index (χ2n) is 5.28. The molecule has 2 aromatic carbocycles. The molecule has 0 atom stereocenters. The second kappa shape index (κ2) is 6.45. The molecule has 0 bridgehead atoms. The molecule has 0 amide bonds. The monoisotopic (exact) mass is 336 g/mol. The van der Waals surface area contributed by atoms with E-state index in [1.165, 1.54) is 23.9 Å². The molecule has 5 heteroatoms. The summed E-state index contributed by atoms with van der Waals surface area (Å²) in [6.07, 6.45) is 1.66. The summed E-state index contributed by atoms with van der Waals surface area (Å²) in [4.78, 5) is 8.90. The van der Waals surface area contributed by atoms with Crippen molar-refractivity contribution < 1.29 is 8.81 Å². The first-order chi connectivity index (χ1) is 11.8. The van der Waals surface area contributed by atoms with Crippen LogP contribution in [0.2, 0.25) is 0 Å². The van der Waals surface area contributed by atoms with Gasteiger partial charge in [0.2, 0.25) is 0 Å². The molecule has 24 heavy (non-hydrogen) atoms. The van der Waals surface area contributed by atoms with Gasteiger partial charge in [-0.25, -0.2) is 9.37 Å². The molecule has 0 saturated carbocycles. The van der Waals surface area contributed by atoms with Gasteiger partial charge in [-0.1, -0.05) is 36.0 Å². The molecular formula is C19H13FN2OS. The predicted molar refractivity (Wildman–Crippen MR) is 93.2 cm³/mol. The van der Waals surface area contributed by atoms with Gasteiger partial charge in [0.15, 0.2) is 5.76 Å². The van der Waals surface area contributed by atoms with Gasteiger partial charge in [0.05, 0.1) is 17.4 Å². The topological polar surface area (TPSA) is 38.9 Å². The molecule has 0 aliphatic carbocycles. The Hall–Kier alpha value is -2.66. The van der Waals surface area contributed by atoms with Gasteiger partial charge < -0.3 is 4.42 Å². The van der Waals surface area contributed by atoms with E-state index in [1.54, 1.807) is 18.3 Å². The minimum atomic E-state index is -0.268. The SMILES string of the molecule is Fc1ccc(-c2cnc(SCc3ccc4ccccc4n3)o2)cc1. The molecule has 0 saturated heterocycles. The number of benzene rings is 2. The minimum Gasteiger partial charge on any atom is -0.431 e. The maximum Gasteiger partial charge on any atom is 0.256 e. The van der Waals surface area contributed by atoms with E-state index < -0.39 is 0 Å². The molecule has 0 N–H and O–H groups in total. The summed E-state index contributed by atoms with van der Waals surface area (Å²) in [6.45, 7) is 0. The molecule has 2 aromatic heterocycles. The highest BCUT2D eigenvalue weighted by atomic mass is 32.2. The van der Waals surface area contributed by atoms with Crippen molar-refractivity contribution in [2.75, 3.05) is 0 Å². The van der Waals surface area contributed by atoms with Crippen LogP contribution in [-0.2, 0) is 5.75 Å². The lowest BCUT2D eigenvalue weighted by atomic mass is 10.2. The van der Waals surface area contributed by atoms with Crippen LogP contribution in [0.4, 0.5) is 4.39 Å². The number of hydrogen-bond donors (Lipinski definition) is 0. The number of thioether (sulfide) groups is 1. The minimum absolute atomic E-state index is 0.268. The molecule has 0 spiro atoms. The molecule has 0 unspecified atom stereocenters. The highest BCUT2D eigenvalue weighted by molar-refractivity contribution is 7.98. The van der Waals surface area contributed by atoms with Gasteiger partial charge >= 0.3 is 0 Å². The molecule has 118 valence electrons. The second-order valence-corrected chi connectivity index (χ2v) is 6.21. The molecule has 0 aliphatic heterocycles. The summed E-state index contributed by atoms with van der Waals surface area (Å²) in [5, 5.41) is 1.70. The van der Waals surface area contributed by atoms with Gasteiger partial charge in [0, 0.05) is 16.7 Å². The first-order valence-corrected chi connectivity index (χ1v) is 8.46. The normalized spacial score (nSPS) is 11.0. The standard InChI is InChI=1S/C19H13FN2OS/c20-15-8-5-14(6-9-15)18-11-21-19(23-18)24-12-16-10-7-13-3-1-2-4-17(13)22-16/h1-11H,12H2. The van der Waals surface area contributed by atoms with Crippen molar-refractivity contribution in [3.63, 3.8) is 0 Å². The van der Waals surface area contributed by atoms with Gasteiger partial charge in [0.25, 0.3) is 5.22 Å². The molecule has 0 fully saturated rings. The van der Waals surface area contributed by atoms with Crippen LogP contribution in [0.15, 0.2) is 76.5 Å². The van der Waals surface area contributed by atoms with E-state index in [4.69, 9.17) is 4.42 Å². The Kier molecular flexibility index (Phi) is 4.01. The van der Waals surface area contributed by atoms with Crippen molar-refractivity contribution in [3.8, 4) is 11.3 Å². The van der Waals surface area contributed by atoms with Gasteiger partial charge in [-0.05, 0) is 36.4 Å². The van der Waals surface area contributed by atoms with E-state index in [1.807, 2.05) is 30.3 Å². The molecular weight excluding hydrogens is 323 g/mol. The van der Waals surface area contributed by atoms with Gasteiger partial charge in [-0.2, -0.15) is 0 Å². The van der Waals surface area contributed by atoms with Crippen molar-refractivity contribution in [2.45, 2.75) is 11.0 Å². The van der Waals surface area contributed by atoms with E-state index in [2.05, 4.69) is 16.0 Å². The number of aromatic nitrogens is 2. The first kappa shape index (κ1) is 14.9. The molecule has 0 radical (unpaired) electrons. The van der Waals surface area contributed by atoms with E-state index in [-0.39, 0.29) is 5.82 Å². The maximum absolute atomic E-state index is 13.0. The largest absolute Gasteiger partial charge is 0.431 e. The van der Waals surface area contributed by atoms with Crippen LogP contribution in [0.1, 0.15) is 5.69 Å². The summed E-state index contributed by atoms with van der Waals surface area (Å²) in [5.41, 5.74) is 2.76. The van der Waals surface area contributed by atoms with Crippen LogP contribution in [0.5, 0.6) is 0 Å². The summed E-state index contributed by atoms with van der Waals surface area (Å²) < 4.78 is 18.7. The fraction of sp³-hybridized carbons (Fsp3) is 0.0526. The molecule has 0 aliphatic rings. The third kappa shape index (κ3) is 3.16. The highest BCUT2D eigenvalue weighted by Crippen LogP contribution is 2.27. The summed E-state index contributed by atoms with van der Waals surface area (Å²) >= 11 is 1.49. The number of nitrogens with zero attached hydrogens (tertiary/aromatic N) is 2. The Morgan fingerprint density at radius 2 is 1.79 bits per heavy atom. The van der Waals surface area contributed by atoms with Crippen molar-refractivity contribution in [3.05, 3.63) is 78.4 Å². The van der Waals surface area contributed by atoms with Gasteiger partial charge in [-0.15, -0.1) is 0 Å². The van der Waals surface area contributed by atoms with E-state index >= 15 is 0 Å². The Morgan fingerprint density at radius 3 is 2.67 bits per heavy atom. The van der Waals surface area contributed by atoms with Crippen LogP contribution in [0.3, 0.4) is 0 Å². The van der Waals surface area contributed by atoms with Crippen LogP contribution in [0, 0.1) is 5.82 Å². The zero-order valence-electron chi connectivity index (χ0n) is 12.6. The number of oxazole rings is 1. The van der Waals surface area contributed by atoms with E-state index in [0.717, 1.165) is 22.2 Å². The Labute approximate surface area is 142 Å². The fourth-order valence-electron chi connectivity index (χ4n) is 2.40. The van der Waals surface area contributed by atoms with Gasteiger partial charge in [-0.3, -0.25) is 4.98 Å². The van der Waals surface area contributed by atoms with Crippen LogP contribution < -0.4 is 0 Å². The van der Waals surface area contributed by atoms with E-state index in [9.17, 15) is 4.39 Å². The smallest absolute Gasteiger partial charge is 0.256 e. The van der Waals surface area contributed by atoms with Crippen molar-refractivity contribution in [1.82, 2.24) is 9.97 Å². The number of fused-ring (bicyclic) bond motifs is 1. The fourth-order valence-corrected chi connectivity index (χ4v) is 3.10. The first-order valence-electron chi connectivity index (χ1n) is 7.47. The lowest BCUT2D eigenvalue weighted by molar-refractivity contribution is 0.466. The molecule has 4 rings (SSSR count). The lowest BCUT2D eigenvalue weighted by Gasteiger charge is -2.01. The van der Waals surface area contributed by atoms with Crippen molar-refractivity contribution >= 4 is 22.7 Å². The van der Waals surface area contributed by atoms with E-state index in [0.29, 0.717) is 16.7 Å². The summed E-state index contributed by atoms with van der Waals surface area (Å²) in [6, 6.07) is 18.3. The summed E-state index contributed by atoms with van der Waals surface area (Å²) in [5.74, 6) is 1.04. The average Bonchev–Trinajstić information content (AvgIpc) is 3.09. The highest BCUT2D eigenvalue weighted by Gasteiger charge is 2.08. The summed E-state index contributed by atoms with van der Waals surface area (Å²) in [7, 11) is 0. The van der Waals surface area contributed by atoms with Gasteiger partial charge in [0.1, 0.15) is 5.82 Å². The predicted octanol–water partition coefficient (Wildman–Crippen LogP) is 5.32. The third-order valence-corrected chi connectivity index (χ3v) is 4.49. The number of rotatable bonds is 4. The Balaban J connectivity index is 1.48. The third-order valence-electron chi connectivity index (χ3n) is 3.61. The number of hydrogen-bond acceptors (Lipinski definition) is 4. The molecule has 2 heterocycles. The van der Waals surface area contributed by atoms with Crippen LogP contribution in [-0.4, -0.2) is 9.97 Å². The maximum atomic E-state index is 13.0. The zero-order chi connectivity index (χ0) is 16.4. The quantitative estimate of drug-likeness (QED) is 0.473. The van der Waals surface area contributed by atoms with Crippen LogP contribution >= 0.6 is 11.8 Å². The zero-order valence-corrected chi connectivity index (χ0v) is 13.5. The van der Waals surface area contributed by atoms with Crippen molar-refractivity contribution in [1.29, 1.82) is 0 Å². The lowest BCUT2D eigenvalue weighted by Crippen LogP contribution is -1.87. The van der Waals surface area contributed by atoms with Crippen LogP contribution in [0.25, 0.3) is 22.2 Å². The Bertz CT molecular complexity index is 982. The number of para-hydroxylation sites is 1. The number of pyridine rings is 1. The average molecular weight is 336 g/mol. The molecule has 4 aromatic rings.